The third-order valence-corrected chi connectivity index (χ3v) is 5.94. The van der Waals surface area contributed by atoms with Gasteiger partial charge in [-0.2, -0.15) is 0 Å². The molecule has 0 radical (unpaired) electrons. The molecule has 1 aromatic carbocycles. The van der Waals surface area contributed by atoms with E-state index < -0.39 is 0 Å². The number of halogens is 2. The van der Waals surface area contributed by atoms with Crippen LogP contribution in [-0.2, 0) is 6.42 Å². The van der Waals surface area contributed by atoms with Gasteiger partial charge in [-0.15, -0.1) is 0 Å². The Bertz CT molecular complexity index is 719. The number of nitrogens with zero attached hydrogens (tertiary/aromatic N) is 2. The first kappa shape index (κ1) is 16.4. The van der Waals surface area contributed by atoms with Crippen LogP contribution in [0.15, 0.2) is 22.7 Å². The molecule has 5 heteroatoms. The Labute approximate surface area is 152 Å². The lowest BCUT2D eigenvalue weighted by molar-refractivity contribution is 0.271. The zero-order valence-electron chi connectivity index (χ0n) is 13.9. The molecule has 2 aromatic rings. The van der Waals surface area contributed by atoms with E-state index in [-0.39, 0.29) is 0 Å². The minimum Gasteiger partial charge on any atom is -0.360 e. The Morgan fingerprint density at radius 2 is 1.96 bits per heavy atom. The number of likely N-dealkylation sites (tertiary alicyclic amines) is 1. The van der Waals surface area contributed by atoms with Crippen LogP contribution in [0.1, 0.15) is 49.8 Å². The summed E-state index contributed by atoms with van der Waals surface area (Å²) in [7, 11) is 0. The molecule has 128 valence electrons. The van der Waals surface area contributed by atoms with Crippen molar-refractivity contribution >= 4 is 23.2 Å². The van der Waals surface area contributed by atoms with Gasteiger partial charge in [0.25, 0.3) is 0 Å². The summed E-state index contributed by atoms with van der Waals surface area (Å²) < 4.78 is 5.74. The second-order valence-corrected chi connectivity index (χ2v) is 7.84. The first-order valence-corrected chi connectivity index (χ1v) is 9.57. The highest BCUT2D eigenvalue weighted by atomic mass is 35.5. The topological polar surface area (TPSA) is 29.3 Å². The lowest BCUT2D eigenvalue weighted by Gasteiger charge is -2.20. The molecule has 1 atom stereocenters. The van der Waals surface area contributed by atoms with Crippen molar-refractivity contribution in [3.05, 3.63) is 39.6 Å². The number of hydrogen-bond acceptors (Lipinski definition) is 3. The van der Waals surface area contributed by atoms with E-state index in [0.717, 1.165) is 30.0 Å². The Kier molecular flexibility index (Phi) is 4.59. The minimum absolute atomic E-state index is 0.526. The fourth-order valence-electron chi connectivity index (χ4n) is 3.73. The average molecular weight is 365 g/mol. The van der Waals surface area contributed by atoms with Gasteiger partial charge in [0.2, 0.25) is 0 Å². The first-order chi connectivity index (χ1) is 11.6. The minimum atomic E-state index is 0.526. The Balaban J connectivity index is 1.67. The third kappa shape index (κ3) is 3.10. The van der Waals surface area contributed by atoms with Gasteiger partial charge in [0, 0.05) is 29.6 Å². The van der Waals surface area contributed by atoms with Crippen LogP contribution in [0.5, 0.6) is 0 Å². The molecule has 1 saturated heterocycles. The van der Waals surface area contributed by atoms with Crippen molar-refractivity contribution in [2.75, 3.05) is 13.1 Å². The van der Waals surface area contributed by atoms with E-state index >= 15 is 0 Å². The van der Waals surface area contributed by atoms with Crippen LogP contribution in [0.3, 0.4) is 0 Å². The molecule has 2 heterocycles. The molecular weight excluding hydrogens is 343 g/mol. The molecule has 1 aliphatic heterocycles. The maximum absolute atomic E-state index is 6.41. The van der Waals surface area contributed by atoms with Crippen LogP contribution in [0.25, 0.3) is 11.3 Å². The number of hydrogen-bond donors (Lipinski definition) is 0. The second-order valence-electron chi connectivity index (χ2n) is 7.02. The number of rotatable bonds is 5. The molecule has 0 bridgehead atoms. The van der Waals surface area contributed by atoms with Crippen LogP contribution in [0, 0.1) is 0 Å². The van der Waals surface area contributed by atoms with Gasteiger partial charge in [0.15, 0.2) is 0 Å². The van der Waals surface area contributed by atoms with Crippen LogP contribution in [-0.4, -0.2) is 29.2 Å². The van der Waals surface area contributed by atoms with Gasteiger partial charge in [-0.25, -0.2) is 0 Å². The summed E-state index contributed by atoms with van der Waals surface area (Å²) in [6.45, 7) is 4.54. The quantitative estimate of drug-likeness (QED) is 0.695. The van der Waals surface area contributed by atoms with Crippen molar-refractivity contribution in [1.82, 2.24) is 10.1 Å². The molecule has 3 nitrogen and oxygen atoms in total. The molecule has 1 unspecified atom stereocenters. The summed E-state index contributed by atoms with van der Waals surface area (Å²) in [5.41, 5.74) is 2.84. The Morgan fingerprint density at radius 3 is 2.58 bits per heavy atom. The molecule has 24 heavy (non-hydrogen) atoms. The molecule has 1 saturated carbocycles. The average Bonchev–Trinajstić information content (AvgIpc) is 3.19. The second kappa shape index (κ2) is 6.70. The first-order valence-electron chi connectivity index (χ1n) is 8.82. The van der Waals surface area contributed by atoms with Crippen LogP contribution >= 0.6 is 23.2 Å². The molecule has 0 N–H and O–H groups in total. The highest BCUT2D eigenvalue weighted by Gasteiger charge is 2.33. The van der Waals surface area contributed by atoms with Crippen molar-refractivity contribution in [3.63, 3.8) is 0 Å². The zero-order valence-corrected chi connectivity index (χ0v) is 15.4. The van der Waals surface area contributed by atoms with E-state index in [4.69, 9.17) is 27.7 Å². The van der Waals surface area contributed by atoms with Gasteiger partial charge in [-0.05, 0) is 57.7 Å². The predicted octanol–water partition coefficient (Wildman–Crippen LogP) is 5.55. The summed E-state index contributed by atoms with van der Waals surface area (Å²) in [5, 5.41) is 5.64. The van der Waals surface area contributed by atoms with Crippen molar-refractivity contribution < 1.29 is 4.52 Å². The van der Waals surface area contributed by atoms with Gasteiger partial charge >= 0.3 is 0 Å². The van der Waals surface area contributed by atoms with E-state index in [9.17, 15) is 0 Å². The molecule has 0 spiro atoms. The van der Waals surface area contributed by atoms with Crippen LogP contribution in [0.4, 0.5) is 0 Å². The molecule has 2 aliphatic rings. The maximum atomic E-state index is 6.41. The molecule has 2 fully saturated rings. The number of aromatic nitrogens is 1. The fraction of sp³-hybridized carbons (Fsp3) is 0.526. The van der Waals surface area contributed by atoms with E-state index in [2.05, 4.69) is 17.0 Å². The zero-order chi connectivity index (χ0) is 16.7. The standard InChI is InChI=1S/C19H22Cl2N2O/c1-12-4-3-10-23(12)11-9-14-18(22-24-19(14)13-7-8-13)17-15(20)5-2-6-16(17)21/h2,5-6,12-13H,3-4,7-11H2,1H3. The smallest absolute Gasteiger partial charge is 0.143 e. The van der Waals surface area contributed by atoms with Crippen molar-refractivity contribution in [1.29, 1.82) is 0 Å². The molecule has 1 aromatic heterocycles. The van der Waals surface area contributed by atoms with Crippen LogP contribution in [0.2, 0.25) is 10.0 Å². The highest BCUT2D eigenvalue weighted by molar-refractivity contribution is 6.39. The Morgan fingerprint density at radius 1 is 1.21 bits per heavy atom. The lowest BCUT2D eigenvalue weighted by Crippen LogP contribution is -2.29. The van der Waals surface area contributed by atoms with Gasteiger partial charge in [0.1, 0.15) is 11.5 Å². The summed E-state index contributed by atoms with van der Waals surface area (Å²) >= 11 is 12.8. The Hall–Kier alpha value is -1.03. The molecular formula is C19H22Cl2N2O. The van der Waals surface area contributed by atoms with E-state index in [1.54, 1.807) is 0 Å². The van der Waals surface area contributed by atoms with Crippen molar-refractivity contribution in [3.8, 4) is 11.3 Å². The maximum Gasteiger partial charge on any atom is 0.143 e. The SMILES string of the molecule is CC1CCCN1CCc1c(-c2c(Cl)cccc2Cl)noc1C1CC1. The number of benzene rings is 1. The largest absolute Gasteiger partial charge is 0.360 e. The monoisotopic (exact) mass is 364 g/mol. The molecule has 4 rings (SSSR count). The van der Waals surface area contributed by atoms with E-state index in [0.29, 0.717) is 22.0 Å². The van der Waals surface area contributed by atoms with E-state index in [1.807, 2.05) is 18.2 Å². The summed E-state index contributed by atoms with van der Waals surface area (Å²) in [4.78, 5) is 2.56. The van der Waals surface area contributed by atoms with Gasteiger partial charge in [-0.1, -0.05) is 34.4 Å². The predicted molar refractivity (Wildman–Crippen MR) is 97.9 cm³/mol. The van der Waals surface area contributed by atoms with E-state index in [1.165, 1.54) is 37.8 Å². The summed E-state index contributed by atoms with van der Waals surface area (Å²) in [6.07, 6.45) is 5.92. The van der Waals surface area contributed by atoms with Gasteiger partial charge < -0.3 is 9.42 Å². The third-order valence-electron chi connectivity index (χ3n) is 5.31. The molecule has 1 aliphatic carbocycles. The van der Waals surface area contributed by atoms with Gasteiger partial charge in [-0.3, -0.25) is 0 Å². The highest BCUT2D eigenvalue weighted by Crippen LogP contribution is 2.46. The molecule has 0 amide bonds. The summed E-state index contributed by atoms with van der Waals surface area (Å²) in [5.74, 6) is 1.58. The van der Waals surface area contributed by atoms with Crippen molar-refractivity contribution in [2.24, 2.45) is 0 Å². The summed E-state index contributed by atoms with van der Waals surface area (Å²) in [6, 6.07) is 6.25. The lowest BCUT2D eigenvalue weighted by atomic mass is 10.0. The van der Waals surface area contributed by atoms with Crippen LogP contribution < -0.4 is 0 Å². The fourth-order valence-corrected chi connectivity index (χ4v) is 4.31. The normalized spacial score (nSPS) is 21.5. The van der Waals surface area contributed by atoms with Crippen molar-refractivity contribution in [2.45, 2.75) is 51.0 Å². The van der Waals surface area contributed by atoms with Gasteiger partial charge in [0.05, 0.1) is 10.0 Å².